The second-order valence-corrected chi connectivity index (χ2v) is 3.69. The number of hydrogen-bond acceptors (Lipinski definition) is 5. The molecule has 0 amide bonds. The van der Waals surface area contributed by atoms with Crippen LogP contribution in [0.2, 0.25) is 5.02 Å². The van der Waals surface area contributed by atoms with Gasteiger partial charge in [0.05, 0.1) is 23.3 Å². The molecule has 1 aromatic heterocycles. The molecule has 86 valence electrons. The van der Waals surface area contributed by atoms with E-state index in [0.29, 0.717) is 22.0 Å². The van der Waals surface area contributed by atoms with Gasteiger partial charge >= 0.3 is 0 Å². The zero-order valence-corrected chi connectivity index (χ0v) is 9.49. The van der Waals surface area contributed by atoms with E-state index in [9.17, 15) is 0 Å². The fourth-order valence-corrected chi connectivity index (χ4v) is 1.27. The predicted octanol–water partition coefficient (Wildman–Crippen LogP) is 0.680. The number of pyridine rings is 1. The molecule has 0 aliphatic carbocycles. The summed E-state index contributed by atoms with van der Waals surface area (Å²) >= 11 is 5.82. The van der Waals surface area contributed by atoms with Gasteiger partial charge in [-0.1, -0.05) is 11.6 Å². The molecule has 1 rings (SSSR count). The molecule has 0 fully saturated rings. The predicted molar refractivity (Wildman–Crippen MR) is 60.3 cm³/mol. The van der Waals surface area contributed by atoms with Crippen molar-refractivity contribution in [2.24, 2.45) is 0 Å². The number of aliphatic hydroxyl groups is 2. The third kappa shape index (κ3) is 2.83. The van der Waals surface area contributed by atoms with Gasteiger partial charge in [-0.2, -0.15) is 5.26 Å². The maximum absolute atomic E-state index is 9.16. The zero-order valence-electron chi connectivity index (χ0n) is 8.74. The van der Waals surface area contributed by atoms with Crippen molar-refractivity contribution >= 4 is 17.4 Å². The second kappa shape index (κ2) is 5.66. The lowest BCUT2D eigenvalue weighted by atomic mass is 10.1. The van der Waals surface area contributed by atoms with Gasteiger partial charge in [-0.15, -0.1) is 0 Å². The van der Waals surface area contributed by atoms with Crippen LogP contribution in [0.15, 0.2) is 6.20 Å². The number of nitrogens with one attached hydrogen (secondary N) is 1. The Balaban J connectivity index is 2.89. The van der Waals surface area contributed by atoms with Crippen LogP contribution in [0.1, 0.15) is 11.1 Å². The molecule has 0 aliphatic heterocycles. The van der Waals surface area contributed by atoms with Crippen molar-refractivity contribution in [2.45, 2.75) is 13.0 Å². The van der Waals surface area contributed by atoms with Gasteiger partial charge in [-0.3, -0.25) is 0 Å². The van der Waals surface area contributed by atoms with Gasteiger partial charge in [0.15, 0.2) is 0 Å². The van der Waals surface area contributed by atoms with Gasteiger partial charge in [-0.25, -0.2) is 4.98 Å². The molecule has 1 heterocycles. The van der Waals surface area contributed by atoms with E-state index < -0.39 is 6.10 Å². The number of aromatic nitrogens is 1. The number of aliphatic hydroxyl groups excluding tert-OH is 2. The van der Waals surface area contributed by atoms with Crippen molar-refractivity contribution in [1.29, 1.82) is 5.26 Å². The Kier molecular flexibility index (Phi) is 4.50. The summed E-state index contributed by atoms with van der Waals surface area (Å²) < 4.78 is 0. The van der Waals surface area contributed by atoms with E-state index in [1.54, 1.807) is 6.92 Å². The van der Waals surface area contributed by atoms with Gasteiger partial charge in [0.1, 0.15) is 11.9 Å². The Labute approximate surface area is 98.3 Å². The van der Waals surface area contributed by atoms with E-state index in [1.807, 2.05) is 6.07 Å². The molecule has 1 atom stereocenters. The summed E-state index contributed by atoms with van der Waals surface area (Å²) in [5.74, 6) is 0.358. The van der Waals surface area contributed by atoms with Crippen molar-refractivity contribution in [3.63, 3.8) is 0 Å². The summed E-state index contributed by atoms with van der Waals surface area (Å²) in [5.41, 5.74) is 0.984. The Bertz CT molecular complexity index is 417. The fraction of sp³-hybridized carbons (Fsp3) is 0.400. The average Bonchev–Trinajstić information content (AvgIpc) is 2.30. The fourth-order valence-electron chi connectivity index (χ4n) is 1.13. The molecule has 6 heteroatoms. The maximum Gasteiger partial charge on any atom is 0.144 e. The minimum absolute atomic E-state index is 0.124. The van der Waals surface area contributed by atoms with Crippen molar-refractivity contribution in [1.82, 2.24) is 4.98 Å². The monoisotopic (exact) mass is 241 g/mol. The number of rotatable bonds is 4. The molecule has 1 aromatic rings. The Hall–Kier alpha value is -1.35. The van der Waals surface area contributed by atoms with E-state index >= 15 is 0 Å². The van der Waals surface area contributed by atoms with E-state index in [0.717, 1.165) is 0 Å². The first-order chi connectivity index (χ1) is 7.60. The van der Waals surface area contributed by atoms with Gasteiger partial charge < -0.3 is 15.5 Å². The number of nitrogens with zero attached hydrogens (tertiary/aromatic N) is 2. The third-order valence-corrected chi connectivity index (χ3v) is 2.49. The third-order valence-electron chi connectivity index (χ3n) is 2.10. The van der Waals surface area contributed by atoms with Crippen molar-refractivity contribution < 1.29 is 10.2 Å². The first kappa shape index (κ1) is 12.7. The van der Waals surface area contributed by atoms with Crippen LogP contribution in [-0.2, 0) is 0 Å². The minimum atomic E-state index is -0.885. The van der Waals surface area contributed by atoms with Crippen LogP contribution in [0.3, 0.4) is 0 Å². The van der Waals surface area contributed by atoms with Crippen LogP contribution in [0.4, 0.5) is 5.82 Å². The summed E-state index contributed by atoms with van der Waals surface area (Å²) in [6, 6.07) is 1.99. The number of halogens is 1. The van der Waals surface area contributed by atoms with Crippen molar-refractivity contribution in [3.05, 3.63) is 22.3 Å². The molecule has 16 heavy (non-hydrogen) atoms. The summed E-state index contributed by atoms with van der Waals surface area (Å²) in [6.07, 6.45) is 0.551. The summed E-state index contributed by atoms with van der Waals surface area (Å²) in [7, 11) is 0. The quantitative estimate of drug-likeness (QED) is 0.721. The van der Waals surface area contributed by atoms with E-state index in [2.05, 4.69) is 10.3 Å². The summed E-state index contributed by atoms with van der Waals surface area (Å²) in [6.45, 7) is 1.50. The highest BCUT2D eigenvalue weighted by atomic mass is 35.5. The molecular formula is C10H12ClN3O2. The lowest BCUT2D eigenvalue weighted by molar-refractivity contribution is 0.105. The van der Waals surface area contributed by atoms with Crippen molar-refractivity contribution in [3.8, 4) is 6.07 Å². The summed E-state index contributed by atoms with van der Waals surface area (Å²) in [4.78, 5) is 3.96. The molecule has 5 nitrogen and oxygen atoms in total. The molecule has 0 aliphatic rings. The maximum atomic E-state index is 9.16. The van der Waals surface area contributed by atoms with Gasteiger partial charge in [-0.05, 0) is 12.5 Å². The van der Waals surface area contributed by atoms with Gasteiger partial charge in [0, 0.05) is 12.7 Å². The second-order valence-electron chi connectivity index (χ2n) is 3.28. The molecule has 0 bridgehead atoms. The topological polar surface area (TPSA) is 89.2 Å². The highest BCUT2D eigenvalue weighted by Crippen LogP contribution is 2.22. The largest absolute Gasteiger partial charge is 0.394 e. The van der Waals surface area contributed by atoms with Crippen LogP contribution in [0.5, 0.6) is 0 Å². The van der Waals surface area contributed by atoms with Crippen LogP contribution in [0, 0.1) is 18.3 Å². The van der Waals surface area contributed by atoms with E-state index in [1.165, 1.54) is 6.20 Å². The van der Waals surface area contributed by atoms with Crippen LogP contribution in [0.25, 0.3) is 0 Å². The normalized spacial score (nSPS) is 11.9. The first-order valence-corrected chi connectivity index (χ1v) is 5.06. The van der Waals surface area contributed by atoms with Crippen LogP contribution < -0.4 is 5.32 Å². The lowest BCUT2D eigenvalue weighted by Crippen LogP contribution is -2.23. The highest BCUT2D eigenvalue weighted by molar-refractivity contribution is 6.31. The molecule has 0 radical (unpaired) electrons. The summed E-state index contributed by atoms with van der Waals surface area (Å²) in [5, 5.41) is 29.9. The Morgan fingerprint density at radius 1 is 1.69 bits per heavy atom. The minimum Gasteiger partial charge on any atom is -0.394 e. The SMILES string of the molecule is Cc1c(Cl)cnc(NC[C@@H](O)CO)c1C#N. The number of hydrogen-bond donors (Lipinski definition) is 3. The highest BCUT2D eigenvalue weighted by Gasteiger charge is 2.11. The van der Waals surface area contributed by atoms with E-state index in [4.69, 9.17) is 27.1 Å². The Morgan fingerprint density at radius 3 is 2.94 bits per heavy atom. The zero-order chi connectivity index (χ0) is 12.1. The number of anilines is 1. The molecular weight excluding hydrogens is 230 g/mol. The lowest BCUT2D eigenvalue weighted by Gasteiger charge is -2.12. The van der Waals surface area contributed by atoms with Gasteiger partial charge in [0.25, 0.3) is 0 Å². The standard InChI is InChI=1S/C10H12ClN3O2/c1-6-8(2-12)10(14-4-9(6)11)13-3-7(16)5-15/h4,7,15-16H,3,5H2,1H3,(H,13,14)/t7-/m1/s1. The Morgan fingerprint density at radius 2 is 2.38 bits per heavy atom. The van der Waals surface area contributed by atoms with Crippen molar-refractivity contribution in [2.75, 3.05) is 18.5 Å². The van der Waals surface area contributed by atoms with Crippen LogP contribution >= 0.6 is 11.6 Å². The molecule has 0 saturated carbocycles. The van der Waals surface area contributed by atoms with Crippen LogP contribution in [-0.4, -0.2) is 34.5 Å². The molecule has 3 N–H and O–H groups in total. The first-order valence-electron chi connectivity index (χ1n) is 4.68. The molecule has 0 spiro atoms. The smallest absolute Gasteiger partial charge is 0.144 e. The van der Waals surface area contributed by atoms with E-state index in [-0.39, 0.29) is 13.2 Å². The average molecular weight is 242 g/mol. The number of nitriles is 1. The molecule has 0 aromatic carbocycles. The molecule has 0 unspecified atom stereocenters. The molecule has 0 saturated heterocycles. The van der Waals surface area contributed by atoms with Gasteiger partial charge in [0.2, 0.25) is 0 Å².